The highest BCUT2D eigenvalue weighted by atomic mass is 28.3. The van der Waals surface area contributed by atoms with Gasteiger partial charge in [-0.3, -0.25) is 4.90 Å². The van der Waals surface area contributed by atoms with Crippen molar-refractivity contribution in [2.45, 2.75) is 19.6 Å². The molecular formula is C16H25N3OSi. The fourth-order valence-corrected chi connectivity index (χ4v) is 2.52. The molecule has 0 bridgehead atoms. The van der Waals surface area contributed by atoms with E-state index in [4.69, 9.17) is 4.74 Å². The minimum absolute atomic E-state index is 0.850. The van der Waals surface area contributed by atoms with E-state index < -0.39 is 8.07 Å². The van der Waals surface area contributed by atoms with E-state index in [1.165, 1.54) is 0 Å². The van der Waals surface area contributed by atoms with Crippen molar-refractivity contribution in [1.29, 1.82) is 0 Å². The Labute approximate surface area is 128 Å². The molecule has 1 aromatic heterocycles. The number of pyridine rings is 1. The van der Waals surface area contributed by atoms with Gasteiger partial charge in [0, 0.05) is 37.9 Å². The Balaban J connectivity index is 1.77. The highest BCUT2D eigenvalue weighted by Gasteiger charge is 2.09. The number of hydrogen-bond donors (Lipinski definition) is 1. The van der Waals surface area contributed by atoms with Crippen LogP contribution in [0.4, 0.5) is 5.82 Å². The first-order valence-corrected chi connectivity index (χ1v) is 11.1. The lowest BCUT2D eigenvalue weighted by atomic mass is 10.3. The summed E-state index contributed by atoms with van der Waals surface area (Å²) in [5.74, 6) is 4.14. The van der Waals surface area contributed by atoms with Gasteiger partial charge in [0.25, 0.3) is 0 Å². The van der Waals surface area contributed by atoms with Crippen molar-refractivity contribution in [3.05, 3.63) is 23.9 Å². The molecule has 21 heavy (non-hydrogen) atoms. The van der Waals surface area contributed by atoms with Crippen LogP contribution in [0.15, 0.2) is 18.3 Å². The van der Waals surface area contributed by atoms with Gasteiger partial charge in [-0.05, 0) is 12.1 Å². The van der Waals surface area contributed by atoms with Gasteiger partial charge in [-0.1, -0.05) is 25.6 Å². The molecule has 2 heterocycles. The van der Waals surface area contributed by atoms with Gasteiger partial charge in [0.1, 0.15) is 13.9 Å². The van der Waals surface area contributed by atoms with Crippen molar-refractivity contribution in [3.8, 4) is 11.5 Å². The average Bonchev–Trinajstić information content (AvgIpc) is 2.47. The van der Waals surface area contributed by atoms with Gasteiger partial charge >= 0.3 is 0 Å². The van der Waals surface area contributed by atoms with E-state index in [0.29, 0.717) is 0 Å². The van der Waals surface area contributed by atoms with Crippen LogP contribution in [0.5, 0.6) is 0 Å². The molecule has 1 aliphatic rings. The normalized spacial score (nSPS) is 16.1. The summed E-state index contributed by atoms with van der Waals surface area (Å²) in [5, 5.41) is 3.36. The molecule has 0 amide bonds. The Kier molecular flexibility index (Phi) is 5.80. The first-order chi connectivity index (χ1) is 10.0. The van der Waals surface area contributed by atoms with Gasteiger partial charge in [-0.15, -0.1) is 5.54 Å². The maximum atomic E-state index is 5.34. The van der Waals surface area contributed by atoms with Crippen LogP contribution in [-0.2, 0) is 4.74 Å². The third-order valence-electron chi connectivity index (χ3n) is 3.18. The number of hydrogen-bond acceptors (Lipinski definition) is 4. The van der Waals surface area contributed by atoms with Gasteiger partial charge in [0.05, 0.1) is 13.2 Å². The summed E-state index contributed by atoms with van der Waals surface area (Å²) in [4.78, 5) is 6.83. The molecule has 0 saturated carbocycles. The quantitative estimate of drug-likeness (QED) is 0.682. The lowest BCUT2D eigenvalue weighted by Crippen LogP contribution is -2.39. The second-order valence-corrected chi connectivity index (χ2v) is 11.1. The van der Waals surface area contributed by atoms with E-state index in [-0.39, 0.29) is 0 Å². The summed E-state index contributed by atoms with van der Waals surface area (Å²) < 4.78 is 5.34. The van der Waals surface area contributed by atoms with Crippen LogP contribution in [0, 0.1) is 11.5 Å². The second kappa shape index (κ2) is 7.60. The van der Waals surface area contributed by atoms with Crippen LogP contribution in [0.2, 0.25) is 19.6 Å². The van der Waals surface area contributed by atoms with Gasteiger partial charge in [0.2, 0.25) is 0 Å². The van der Waals surface area contributed by atoms with Crippen LogP contribution in [0.1, 0.15) is 5.56 Å². The zero-order valence-electron chi connectivity index (χ0n) is 13.3. The molecule has 5 heteroatoms. The van der Waals surface area contributed by atoms with E-state index in [2.05, 4.69) is 46.3 Å². The number of morpholine rings is 1. The molecule has 1 saturated heterocycles. The number of ether oxygens (including phenoxy) is 1. The van der Waals surface area contributed by atoms with Crippen molar-refractivity contribution in [2.24, 2.45) is 0 Å². The van der Waals surface area contributed by atoms with Crippen molar-refractivity contribution < 1.29 is 4.74 Å². The molecule has 1 aliphatic heterocycles. The standard InChI is InChI=1S/C16H25N3OSi/c1-21(2,3)13-6-15-4-5-16(18-14-15)17-7-8-19-9-11-20-12-10-19/h4-5,14H,7-12H2,1-3H3,(H,17,18). The zero-order valence-corrected chi connectivity index (χ0v) is 14.3. The van der Waals surface area contributed by atoms with E-state index in [1.54, 1.807) is 0 Å². The van der Waals surface area contributed by atoms with E-state index >= 15 is 0 Å². The van der Waals surface area contributed by atoms with Gasteiger partial charge in [-0.2, -0.15) is 0 Å². The number of nitrogens with one attached hydrogen (secondary N) is 1. The molecular weight excluding hydrogens is 278 g/mol. The summed E-state index contributed by atoms with van der Waals surface area (Å²) in [7, 11) is -1.31. The number of nitrogens with zero attached hydrogens (tertiary/aromatic N) is 2. The largest absolute Gasteiger partial charge is 0.379 e. The highest BCUT2D eigenvalue weighted by Crippen LogP contribution is 2.05. The number of anilines is 1. The number of rotatable bonds is 4. The Morgan fingerprint density at radius 2 is 2.05 bits per heavy atom. The van der Waals surface area contributed by atoms with Crippen LogP contribution in [-0.4, -0.2) is 57.4 Å². The monoisotopic (exact) mass is 303 g/mol. The molecule has 0 unspecified atom stereocenters. The fourth-order valence-electron chi connectivity index (χ4n) is 2.00. The zero-order chi connectivity index (χ0) is 15.1. The predicted octanol–water partition coefficient (Wildman–Crippen LogP) is 2.05. The lowest BCUT2D eigenvalue weighted by molar-refractivity contribution is 0.0398. The fraction of sp³-hybridized carbons (Fsp3) is 0.562. The molecule has 114 valence electrons. The topological polar surface area (TPSA) is 37.4 Å². The van der Waals surface area contributed by atoms with Crippen LogP contribution < -0.4 is 5.32 Å². The van der Waals surface area contributed by atoms with E-state index in [0.717, 1.165) is 50.8 Å². The molecule has 1 aromatic rings. The van der Waals surface area contributed by atoms with Crippen LogP contribution in [0.3, 0.4) is 0 Å². The molecule has 1 fully saturated rings. The Hall–Kier alpha value is -1.35. The van der Waals surface area contributed by atoms with E-state index in [1.807, 2.05) is 18.3 Å². The SMILES string of the molecule is C[Si](C)(C)C#Cc1ccc(NCCN2CCOCC2)nc1. The smallest absolute Gasteiger partial charge is 0.129 e. The van der Waals surface area contributed by atoms with Crippen molar-refractivity contribution in [3.63, 3.8) is 0 Å². The molecule has 0 aliphatic carbocycles. The third-order valence-corrected chi connectivity index (χ3v) is 4.06. The summed E-state index contributed by atoms with van der Waals surface area (Å²) >= 11 is 0. The molecule has 0 atom stereocenters. The molecule has 2 rings (SSSR count). The predicted molar refractivity (Wildman–Crippen MR) is 90.2 cm³/mol. The van der Waals surface area contributed by atoms with Gasteiger partial charge in [-0.25, -0.2) is 4.98 Å². The Morgan fingerprint density at radius 3 is 2.67 bits per heavy atom. The summed E-state index contributed by atoms with van der Waals surface area (Å²) in [5.41, 5.74) is 4.35. The molecule has 4 nitrogen and oxygen atoms in total. The second-order valence-electron chi connectivity index (χ2n) is 6.31. The van der Waals surface area contributed by atoms with Gasteiger partial charge in [0.15, 0.2) is 0 Å². The maximum absolute atomic E-state index is 5.34. The van der Waals surface area contributed by atoms with E-state index in [9.17, 15) is 0 Å². The summed E-state index contributed by atoms with van der Waals surface area (Å²) in [6.45, 7) is 12.4. The first-order valence-electron chi connectivity index (χ1n) is 7.56. The maximum Gasteiger partial charge on any atom is 0.129 e. The molecule has 0 aromatic carbocycles. The van der Waals surface area contributed by atoms with Crippen LogP contribution in [0.25, 0.3) is 0 Å². The average molecular weight is 303 g/mol. The first kappa shape index (κ1) is 16.0. The summed E-state index contributed by atoms with van der Waals surface area (Å²) in [6, 6.07) is 4.05. The number of aromatic nitrogens is 1. The Morgan fingerprint density at radius 1 is 1.29 bits per heavy atom. The van der Waals surface area contributed by atoms with Crippen LogP contribution >= 0.6 is 0 Å². The van der Waals surface area contributed by atoms with Crippen molar-refractivity contribution in [2.75, 3.05) is 44.7 Å². The molecule has 0 radical (unpaired) electrons. The lowest BCUT2D eigenvalue weighted by Gasteiger charge is -2.26. The third kappa shape index (κ3) is 6.30. The van der Waals surface area contributed by atoms with Crippen molar-refractivity contribution in [1.82, 2.24) is 9.88 Å². The molecule has 0 spiro atoms. The Bertz CT molecular complexity index is 493. The van der Waals surface area contributed by atoms with Gasteiger partial charge < -0.3 is 10.1 Å². The molecule has 1 N–H and O–H groups in total. The van der Waals surface area contributed by atoms with Crippen molar-refractivity contribution >= 4 is 13.9 Å². The minimum atomic E-state index is -1.31. The minimum Gasteiger partial charge on any atom is -0.379 e. The summed E-state index contributed by atoms with van der Waals surface area (Å²) in [6.07, 6.45) is 1.85. The highest BCUT2D eigenvalue weighted by molar-refractivity contribution is 6.83.